The highest BCUT2D eigenvalue weighted by Crippen LogP contribution is 2.19. The highest BCUT2D eigenvalue weighted by molar-refractivity contribution is 7.08. The number of hydrogen-bond donors (Lipinski definition) is 1. The molecule has 122 valence electrons. The van der Waals surface area contributed by atoms with Crippen molar-refractivity contribution in [2.75, 3.05) is 42.9 Å². The Morgan fingerprint density at radius 3 is 2.74 bits per heavy atom. The van der Waals surface area contributed by atoms with Crippen LogP contribution in [0.15, 0.2) is 22.9 Å². The van der Waals surface area contributed by atoms with Gasteiger partial charge < -0.3 is 15.1 Å². The third kappa shape index (κ3) is 3.61. The smallest absolute Gasteiger partial charge is 0.254 e. The molecule has 1 aliphatic heterocycles. The monoisotopic (exact) mass is 331 g/mol. The van der Waals surface area contributed by atoms with Crippen LogP contribution in [0.5, 0.6) is 0 Å². The molecule has 2 aromatic heterocycles. The molecule has 0 radical (unpaired) electrons. The van der Waals surface area contributed by atoms with Crippen molar-refractivity contribution in [2.45, 2.75) is 13.8 Å². The first kappa shape index (κ1) is 15.7. The fourth-order valence-electron chi connectivity index (χ4n) is 2.69. The van der Waals surface area contributed by atoms with Crippen LogP contribution in [-0.4, -0.2) is 53.5 Å². The summed E-state index contributed by atoms with van der Waals surface area (Å²) in [6.45, 7) is 7.80. The molecule has 0 spiro atoms. The van der Waals surface area contributed by atoms with Gasteiger partial charge in [-0.2, -0.15) is 11.3 Å². The number of nitrogens with zero attached hydrogens (tertiary/aromatic N) is 4. The van der Waals surface area contributed by atoms with Gasteiger partial charge in [0.1, 0.15) is 17.5 Å². The molecule has 2 aromatic rings. The Bertz CT molecular complexity index is 665. The van der Waals surface area contributed by atoms with E-state index in [9.17, 15) is 4.79 Å². The van der Waals surface area contributed by atoms with E-state index in [-0.39, 0.29) is 5.91 Å². The molecule has 0 unspecified atom stereocenters. The average Bonchev–Trinajstić information content (AvgIpc) is 3.08. The Labute approximate surface area is 140 Å². The molecule has 0 bridgehead atoms. The molecule has 1 fully saturated rings. The summed E-state index contributed by atoms with van der Waals surface area (Å²) in [5.74, 6) is 2.66. The standard InChI is InChI=1S/C16H21N5OS/c1-3-17-14-10-15(19-12(2)18-14)20-5-7-21(8-6-20)16(22)13-4-9-23-11-13/h4,9-11H,3,5-8H2,1-2H3,(H,17,18,19). The van der Waals surface area contributed by atoms with E-state index in [2.05, 4.69) is 20.2 Å². The largest absolute Gasteiger partial charge is 0.370 e. The van der Waals surface area contributed by atoms with Gasteiger partial charge in [0.15, 0.2) is 0 Å². The fraction of sp³-hybridized carbons (Fsp3) is 0.438. The highest BCUT2D eigenvalue weighted by atomic mass is 32.1. The lowest BCUT2D eigenvalue weighted by Gasteiger charge is -2.35. The zero-order valence-corrected chi connectivity index (χ0v) is 14.3. The third-order valence-electron chi connectivity index (χ3n) is 3.84. The Morgan fingerprint density at radius 2 is 2.09 bits per heavy atom. The summed E-state index contributed by atoms with van der Waals surface area (Å²) < 4.78 is 0. The van der Waals surface area contributed by atoms with Crippen LogP contribution in [0.3, 0.4) is 0 Å². The first-order valence-electron chi connectivity index (χ1n) is 7.83. The number of anilines is 2. The SMILES string of the molecule is CCNc1cc(N2CCN(C(=O)c3ccsc3)CC2)nc(C)n1. The van der Waals surface area contributed by atoms with Crippen LogP contribution in [0.2, 0.25) is 0 Å². The number of thiophene rings is 1. The van der Waals surface area contributed by atoms with Gasteiger partial charge in [-0.05, 0) is 25.3 Å². The highest BCUT2D eigenvalue weighted by Gasteiger charge is 2.23. The molecule has 0 aliphatic carbocycles. The van der Waals surface area contributed by atoms with Gasteiger partial charge in [0, 0.05) is 44.2 Å². The molecule has 7 heteroatoms. The lowest BCUT2D eigenvalue weighted by atomic mass is 10.2. The summed E-state index contributed by atoms with van der Waals surface area (Å²) in [5, 5.41) is 7.08. The molecular formula is C16H21N5OS. The van der Waals surface area contributed by atoms with Crippen molar-refractivity contribution in [1.82, 2.24) is 14.9 Å². The van der Waals surface area contributed by atoms with Crippen LogP contribution < -0.4 is 10.2 Å². The van der Waals surface area contributed by atoms with E-state index in [4.69, 9.17) is 0 Å². The van der Waals surface area contributed by atoms with E-state index in [0.29, 0.717) is 13.1 Å². The van der Waals surface area contributed by atoms with Crippen molar-refractivity contribution < 1.29 is 4.79 Å². The number of aryl methyl sites for hydroxylation is 1. The van der Waals surface area contributed by atoms with Crippen LogP contribution in [0, 0.1) is 6.92 Å². The van der Waals surface area contributed by atoms with Crippen LogP contribution in [0.25, 0.3) is 0 Å². The predicted octanol–water partition coefficient (Wildman–Crippen LogP) is 2.24. The summed E-state index contributed by atoms with van der Waals surface area (Å²) in [6.07, 6.45) is 0. The van der Waals surface area contributed by atoms with Crippen molar-refractivity contribution in [3.8, 4) is 0 Å². The van der Waals surface area contributed by atoms with Gasteiger partial charge in [0.2, 0.25) is 0 Å². The van der Waals surface area contributed by atoms with Gasteiger partial charge in [-0.15, -0.1) is 0 Å². The quantitative estimate of drug-likeness (QED) is 0.931. The topological polar surface area (TPSA) is 61.4 Å². The van der Waals surface area contributed by atoms with Gasteiger partial charge in [-0.3, -0.25) is 4.79 Å². The third-order valence-corrected chi connectivity index (χ3v) is 4.52. The minimum absolute atomic E-state index is 0.123. The van der Waals surface area contributed by atoms with Crippen LogP contribution >= 0.6 is 11.3 Å². The molecule has 0 aromatic carbocycles. The predicted molar refractivity (Wildman–Crippen MR) is 93.4 cm³/mol. The number of aromatic nitrogens is 2. The van der Waals surface area contributed by atoms with Crippen molar-refractivity contribution in [1.29, 1.82) is 0 Å². The molecule has 23 heavy (non-hydrogen) atoms. The maximum atomic E-state index is 12.4. The summed E-state index contributed by atoms with van der Waals surface area (Å²) in [7, 11) is 0. The van der Waals surface area contributed by atoms with Crippen molar-refractivity contribution in [2.24, 2.45) is 0 Å². The number of piperazine rings is 1. The number of rotatable bonds is 4. The summed E-state index contributed by atoms with van der Waals surface area (Å²) >= 11 is 1.56. The normalized spacial score (nSPS) is 14.9. The van der Waals surface area contributed by atoms with E-state index in [1.54, 1.807) is 11.3 Å². The Balaban J connectivity index is 1.66. The Hall–Kier alpha value is -2.15. The molecule has 6 nitrogen and oxygen atoms in total. The minimum atomic E-state index is 0.123. The number of nitrogens with one attached hydrogen (secondary N) is 1. The van der Waals surface area contributed by atoms with Crippen molar-refractivity contribution in [3.63, 3.8) is 0 Å². The van der Waals surface area contributed by atoms with E-state index >= 15 is 0 Å². The number of amides is 1. The first-order valence-corrected chi connectivity index (χ1v) is 8.77. The van der Waals surface area contributed by atoms with Gasteiger partial charge in [-0.25, -0.2) is 9.97 Å². The summed E-state index contributed by atoms with van der Waals surface area (Å²) in [4.78, 5) is 25.4. The van der Waals surface area contributed by atoms with Crippen LogP contribution in [0.1, 0.15) is 23.1 Å². The second-order valence-electron chi connectivity index (χ2n) is 5.48. The fourth-order valence-corrected chi connectivity index (χ4v) is 3.32. The second kappa shape index (κ2) is 6.95. The number of carbonyl (C=O) groups is 1. The summed E-state index contributed by atoms with van der Waals surface area (Å²) in [6, 6.07) is 3.86. The zero-order chi connectivity index (χ0) is 16.2. The number of hydrogen-bond acceptors (Lipinski definition) is 6. The van der Waals surface area contributed by atoms with Crippen molar-refractivity contribution in [3.05, 3.63) is 34.3 Å². The van der Waals surface area contributed by atoms with E-state index in [1.165, 1.54) is 0 Å². The van der Waals surface area contributed by atoms with Crippen LogP contribution in [-0.2, 0) is 0 Å². The Kier molecular flexibility index (Phi) is 4.76. The van der Waals surface area contributed by atoms with Gasteiger partial charge in [-0.1, -0.05) is 0 Å². The van der Waals surface area contributed by atoms with Crippen molar-refractivity contribution >= 4 is 28.9 Å². The lowest BCUT2D eigenvalue weighted by Crippen LogP contribution is -2.49. The van der Waals surface area contributed by atoms with E-state index in [1.807, 2.05) is 41.6 Å². The van der Waals surface area contributed by atoms with Gasteiger partial charge in [0.25, 0.3) is 5.91 Å². The Morgan fingerprint density at radius 1 is 1.30 bits per heavy atom. The maximum Gasteiger partial charge on any atom is 0.254 e. The van der Waals surface area contributed by atoms with Gasteiger partial charge in [0.05, 0.1) is 5.56 Å². The molecule has 0 atom stereocenters. The summed E-state index contributed by atoms with van der Waals surface area (Å²) in [5.41, 5.74) is 0.788. The lowest BCUT2D eigenvalue weighted by molar-refractivity contribution is 0.0747. The van der Waals surface area contributed by atoms with E-state index in [0.717, 1.165) is 42.7 Å². The molecule has 1 N–H and O–H groups in total. The molecule has 1 aliphatic rings. The molecule has 3 rings (SSSR count). The average molecular weight is 331 g/mol. The molecular weight excluding hydrogens is 310 g/mol. The first-order chi connectivity index (χ1) is 11.2. The molecule has 0 saturated carbocycles. The number of carbonyl (C=O) groups excluding carboxylic acids is 1. The molecule has 3 heterocycles. The van der Waals surface area contributed by atoms with Crippen LogP contribution in [0.4, 0.5) is 11.6 Å². The maximum absolute atomic E-state index is 12.4. The zero-order valence-electron chi connectivity index (χ0n) is 13.5. The van der Waals surface area contributed by atoms with E-state index < -0.39 is 0 Å². The van der Waals surface area contributed by atoms with Gasteiger partial charge >= 0.3 is 0 Å². The second-order valence-corrected chi connectivity index (χ2v) is 6.26. The molecule has 1 saturated heterocycles. The minimum Gasteiger partial charge on any atom is -0.370 e. The molecule has 1 amide bonds.